The maximum Gasteiger partial charge on any atom is 0.164 e. The van der Waals surface area contributed by atoms with Gasteiger partial charge in [-0.05, 0) is 36.4 Å². The molecule has 0 heterocycles. The van der Waals surface area contributed by atoms with Gasteiger partial charge in [0.25, 0.3) is 0 Å². The van der Waals surface area contributed by atoms with E-state index in [0.717, 1.165) is 6.42 Å². The quantitative estimate of drug-likeness (QED) is 0.577. The first kappa shape index (κ1) is 14.2. The van der Waals surface area contributed by atoms with Crippen LogP contribution in [-0.4, -0.2) is 12.0 Å². The second-order valence-corrected chi connectivity index (χ2v) is 5.47. The molecule has 19 heavy (non-hydrogen) atoms. The minimum atomic E-state index is 0.0986. The number of carbonyl (C=O) groups is 1. The fraction of sp³-hybridized carbons (Fsp3) is 0.188. The van der Waals surface area contributed by atoms with E-state index in [-0.39, 0.29) is 5.78 Å². The Morgan fingerprint density at radius 3 is 2.53 bits per heavy atom. The molecular weight excluding hydrogens is 276 g/mol. The number of thioether (sulfide) groups is 1. The van der Waals surface area contributed by atoms with Gasteiger partial charge in [-0.1, -0.05) is 41.9 Å². The van der Waals surface area contributed by atoms with E-state index in [2.05, 4.69) is 18.4 Å². The Kier molecular flexibility index (Phi) is 5.06. The maximum absolute atomic E-state index is 12.1. The van der Waals surface area contributed by atoms with E-state index in [0.29, 0.717) is 17.0 Å². The van der Waals surface area contributed by atoms with Gasteiger partial charge in [-0.15, -0.1) is 11.8 Å². The highest BCUT2D eigenvalue weighted by Crippen LogP contribution is 2.23. The molecule has 0 N–H and O–H groups in total. The van der Waals surface area contributed by atoms with Crippen molar-refractivity contribution in [3.63, 3.8) is 0 Å². The molecule has 0 fully saturated rings. The van der Waals surface area contributed by atoms with Crippen LogP contribution in [0.5, 0.6) is 0 Å². The summed E-state index contributed by atoms with van der Waals surface area (Å²) in [6.45, 7) is 0. The van der Waals surface area contributed by atoms with E-state index < -0.39 is 0 Å². The molecule has 0 aromatic heterocycles. The van der Waals surface area contributed by atoms with Crippen LogP contribution in [0.25, 0.3) is 0 Å². The Hall–Kier alpha value is -1.25. The summed E-state index contributed by atoms with van der Waals surface area (Å²) < 4.78 is 0. The summed E-state index contributed by atoms with van der Waals surface area (Å²) >= 11 is 7.74. The lowest BCUT2D eigenvalue weighted by atomic mass is 10.0. The first-order chi connectivity index (χ1) is 9.22. The fourth-order valence-corrected chi connectivity index (χ4v) is 2.87. The highest BCUT2D eigenvalue weighted by Gasteiger charge is 2.10. The standard InChI is InChI=1S/C16H15ClOS/c1-19-16-9-5-2-6-12(16)10-11-15(18)13-7-3-4-8-14(13)17/h2-9H,10-11H2,1H3. The smallest absolute Gasteiger partial charge is 0.164 e. The van der Waals surface area contributed by atoms with E-state index in [4.69, 9.17) is 11.6 Å². The molecule has 2 rings (SSSR count). The maximum atomic E-state index is 12.1. The molecule has 3 heteroatoms. The number of benzene rings is 2. The number of rotatable bonds is 5. The van der Waals surface area contributed by atoms with E-state index in [1.807, 2.05) is 24.3 Å². The predicted octanol–water partition coefficient (Wildman–Crippen LogP) is 4.88. The molecule has 0 amide bonds. The number of carbonyl (C=O) groups excluding carboxylic acids is 1. The van der Waals surface area contributed by atoms with Gasteiger partial charge >= 0.3 is 0 Å². The Labute approximate surface area is 123 Å². The molecule has 0 bridgehead atoms. The van der Waals surface area contributed by atoms with Crippen LogP contribution in [0.1, 0.15) is 22.3 Å². The molecule has 0 aliphatic rings. The molecule has 0 atom stereocenters. The molecule has 0 aliphatic carbocycles. The monoisotopic (exact) mass is 290 g/mol. The summed E-state index contributed by atoms with van der Waals surface area (Å²) in [6, 6.07) is 15.4. The van der Waals surface area contributed by atoms with Gasteiger partial charge < -0.3 is 0 Å². The van der Waals surface area contributed by atoms with Crippen molar-refractivity contribution in [3.8, 4) is 0 Å². The topological polar surface area (TPSA) is 17.1 Å². The van der Waals surface area contributed by atoms with E-state index in [9.17, 15) is 4.79 Å². The highest BCUT2D eigenvalue weighted by atomic mass is 35.5. The van der Waals surface area contributed by atoms with Crippen molar-refractivity contribution in [2.75, 3.05) is 6.26 Å². The van der Waals surface area contributed by atoms with Crippen LogP contribution < -0.4 is 0 Å². The Morgan fingerprint density at radius 2 is 1.79 bits per heavy atom. The SMILES string of the molecule is CSc1ccccc1CCC(=O)c1ccccc1Cl. The molecule has 1 nitrogen and oxygen atoms in total. The van der Waals surface area contributed by atoms with Crippen LogP contribution in [0.3, 0.4) is 0 Å². The average molecular weight is 291 g/mol. The molecule has 2 aromatic rings. The van der Waals surface area contributed by atoms with Gasteiger partial charge in [-0.2, -0.15) is 0 Å². The summed E-state index contributed by atoms with van der Waals surface area (Å²) in [5.41, 5.74) is 1.83. The Bertz CT molecular complexity index is 580. The first-order valence-electron chi connectivity index (χ1n) is 6.12. The molecule has 0 saturated heterocycles. The lowest BCUT2D eigenvalue weighted by Gasteiger charge is -2.07. The van der Waals surface area contributed by atoms with Gasteiger partial charge in [0.05, 0.1) is 5.02 Å². The molecule has 2 aromatic carbocycles. The third-order valence-corrected chi connectivity index (χ3v) is 4.16. The van der Waals surface area contributed by atoms with Crippen molar-refractivity contribution in [2.24, 2.45) is 0 Å². The number of hydrogen-bond donors (Lipinski definition) is 0. The van der Waals surface area contributed by atoms with E-state index in [1.165, 1.54) is 10.5 Å². The predicted molar refractivity (Wildman–Crippen MR) is 82.3 cm³/mol. The summed E-state index contributed by atoms with van der Waals surface area (Å²) in [4.78, 5) is 13.4. The lowest BCUT2D eigenvalue weighted by Crippen LogP contribution is -2.02. The zero-order valence-corrected chi connectivity index (χ0v) is 12.3. The first-order valence-corrected chi connectivity index (χ1v) is 7.72. The van der Waals surface area contributed by atoms with Gasteiger partial charge in [-0.3, -0.25) is 4.79 Å². The van der Waals surface area contributed by atoms with Crippen LogP contribution in [-0.2, 0) is 6.42 Å². The Balaban J connectivity index is 2.07. The second-order valence-electron chi connectivity index (χ2n) is 4.21. The van der Waals surface area contributed by atoms with Crippen molar-refractivity contribution in [3.05, 3.63) is 64.7 Å². The van der Waals surface area contributed by atoms with Gasteiger partial charge in [0.1, 0.15) is 0 Å². The van der Waals surface area contributed by atoms with Gasteiger partial charge in [0.2, 0.25) is 0 Å². The minimum Gasteiger partial charge on any atom is -0.294 e. The summed E-state index contributed by atoms with van der Waals surface area (Å²) in [5, 5.41) is 0.533. The fourth-order valence-electron chi connectivity index (χ4n) is 1.98. The molecule has 0 radical (unpaired) electrons. The molecule has 0 spiro atoms. The lowest BCUT2D eigenvalue weighted by molar-refractivity contribution is 0.0983. The van der Waals surface area contributed by atoms with Crippen molar-refractivity contribution in [1.82, 2.24) is 0 Å². The number of halogens is 1. The average Bonchev–Trinajstić information content (AvgIpc) is 2.45. The van der Waals surface area contributed by atoms with Gasteiger partial charge in [0.15, 0.2) is 5.78 Å². The van der Waals surface area contributed by atoms with Crippen LogP contribution in [0.2, 0.25) is 5.02 Å². The third-order valence-electron chi connectivity index (χ3n) is 2.99. The molecule has 98 valence electrons. The molecule has 0 unspecified atom stereocenters. The van der Waals surface area contributed by atoms with Gasteiger partial charge in [-0.25, -0.2) is 0 Å². The highest BCUT2D eigenvalue weighted by molar-refractivity contribution is 7.98. The number of ketones is 1. The van der Waals surface area contributed by atoms with Crippen molar-refractivity contribution in [1.29, 1.82) is 0 Å². The van der Waals surface area contributed by atoms with E-state index in [1.54, 1.807) is 23.9 Å². The van der Waals surface area contributed by atoms with Crippen LogP contribution in [0.15, 0.2) is 53.4 Å². The zero-order valence-electron chi connectivity index (χ0n) is 10.7. The summed E-state index contributed by atoms with van der Waals surface area (Å²) in [6.07, 6.45) is 3.29. The molecule has 0 aliphatic heterocycles. The van der Waals surface area contributed by atoms with E-state index >= 15 is 0 Å². The zero-order chi connectivity index (χ0) is 13.7. The normalized spacial score (nSPS) is 10.4. The van der Waals surface area contributed by atoms with Crippen molar-refractivity contribution < 1.29 is 4.79 Å². The van der Waals surface area contributed by atoms with Crippen LogP contribution in [0, 0.1) is 0 Å². The largest absolute Gasteiger partial charge is 0.294 e. The third kappa shape index (κ3) is 3.62. The molecular formula is C16H15ClOS. The van der Waals surface area contributed by atoms with Crippen molar-refractivity contribution in [2.45, 2.75) is 17.7 Å². The van der Waals surface area contributed by atoms with Gasteiger partial charge in [0, 0.05) is 16.9 Å². The molecule has 0 saturated carbocycles. The van der Waals surface area contributed by atoms with Crippen LogP contribution >= 0.6 is 23.4 Å². The minimum absolute atomic E-state index is 0.0986. The second kappa shape index (κ2) is 6.78. The number of hydrogen-bond acceptors (Lipinski definition) is 2. The number of Topliss-reactive ketones (excluding diaryl/α,β-unsaturated/α-hetero) is 1. The van der Waals surface area contributed by atoms with Crippen LogP contribution in [0.4, 0.5) is 0 Å². The summed E-state index contributed by atoms with van der Waals surface area (Å²) in [5.74, 6) is 0.0986. The number of aryl methyl sites for hydroxylation is 1. The summed E-state index contributed by atoms with van der Waals surface area (Å²) in [7, 11) is 0. The Morgan fingerprint density at radius 1 is 1.11 bits per heavy atom. The van der Waals surface area contributed by atoms with Crippen molar-refractivity contribution >= 4 is 29.1 Å².